The number of nitrogens with zero attached hydrogens (tertiary/aromatic N) is 5. The Balaban J connectivity index is 1.61. The van der Waals surface area contributed by atoms with Crippen molar-refractivity contribution in [3.8, 4) is 28.6 Å². The average Bonchev–Trinajstić information content (AvgIpc) is 3.16. The van der Waals surface area contributed by atoms with Crippen molar-refractivity contribution in [3.63, 3.8) is 0 Å². The summed E-state index contributed by atoms with van der Waals surface area (Å²) in [6.07, 6.45) is 1.71. The predicted molar refractivity (Wildman–Crippen MR) is 122 cm³/mol. The molecule has 2 N–H and O–H groups in total. The van der Waals surface area contributed by atoms with Crippen LogP contribution in [0.4, 0.5) is 5.69 Å². The fourth-order valence-corrected chi connectivity index (χ4v) is 4.11. The van der Waals surface area contributed by atoms with E-state index < -0.39 is 0 Å². The van der Waals surface area contributed by atoms with Gasteiger partial charge in [-0.3, -0.25) is 4.57 Å². The van der Waals surface area contributed by atoms with E-state index in [-0.39, 0.29) is 16.5 Å². The molecule has 0 saturated carbocycles. The third-order valence-corrected chi connectivity index (χ3v) is 6.00. The number of phenols is 2. The highest BCUT2D eigenvalue weighted by Gasteiger charge is 2.20. The number of aromatic hydroxyl groups is 2. The summed E-state index contributed by atoms with van der Waals surface area (Å²) < 4.78 is 1.89. The van der Waals surface area contributed by atoms with Crippen molar-refractivity contribution in [2.75, 3.05) is 38.1 Å². The lowest BCUT2D eigenvalue weighted by Gasteiger charge is -2.34. The monoisotopic (exact) mass is 435 g/mol. The summed E-state index contributed by atoms with van der Waals surface area (Å²) in [6, 6.07) is 14.7. The summed E-state index contributed by atoms with van der Waals surface area (Å²) in [7, 11) is 2.14. The molecular formula is C23H22ClN5O2. The van der Waals surface area contributed by atoms with Gasteiger partial charge in [0.1, 0.15) is 17.0 Å². The van der Waals surface area contributed by atoms with Gasteiger partial charge in [-0.2, -0.15) is 0 Å². The van der Waals surface area contributed by atoms with Crippen molar-refractivity contribution in [1.82, 2.24) is 19.4 Å². The van der Waals surface area contributed by atoms with Gasteiger partial charge < -0.3 is 20.0 Å². The topological polar surface area (TPSA) is 77.7 Å². The number of hydrogen-bond acceptors (Lipinski definition) is 6. The summed E-state index contributed by atoms with van der Waals surface area (Å²) in [4.78, 5) is 13.9. The van der Waals surface area contributed by atoms with Crippen LogP contribution in [0.25, 0.3) is 28.2 Å². The van der Waals surface area contributed by atoms with Crippen molar-refractivity contribution >= 4 is 28.5 Å². The third-order valence-electron chi connectivity index (χ3n) is 5.70. The molecule has 3 heterocycles. The summed E-state index contributed by atoms with van der Waals surface area (Å²) in [6.45, 7) is 4.08. The zero-order chi connectivity index (χ0) is 21.5. The van der Waals surface area contributed by atoms with Crippen molar-refractivity contribution in [2.45, 2.75) is 0 Å². The van der Waals surface area contributed by atoms with Gasteiger partial charge in [0.05, 0.1) is 10.6 Å². The van der Waals surface area contributed by atoms with Crippen molar-refractivity contribution in [2.24, 2.45) is 0 Å². The maximum Gasteiger partial charge on any atom is 0.164 e. The quantitative estimate of drug-likeness (QED) is 0.508. The van der Waals surface area contributed by atoms with Crippen molar-refractivity contribution < 1.29 is 10.2 Å². The van der Waals surface area contributed by atoms with Crippen LogP contribution in [0.3, 0.4) is 0 Å². The van der Waals surface area contributed by atoms with E-state index in [1.54, 1.807) is 6.20 Å². The van der Waals surface area contributed by atoms with Crippen LogP contribution in [0.2, 0.25) is 5.02 Å². The van der Waals surface area contributed by atoms with Crippen LogP contribution in [-0.4, -0.2) is 62.9 Å². The Morgan fingerprint density at radius 1 is 0.903 bits per heavy atom. The highest BCUT2D eigenvalue weighted by molar-refractivity contribution is 6.32. The standard InChI is InChI=1S/C23H22ClN5O2/c1-27-9-11-28(12-10-27)15-4-6-16(7-5-15)29-22(26-19-3-2-8-25-23(19)29)17-13-18(24)21(31)14-20(17)30/h2-8,13-14,30-31H,9-12H2,1H3. The zero-order valence-corrected chi connectivity index (χ0v) is 17.8. The molecule has 5 rings (SSSR count). The Morgan fingerprint density at radius 3 is 2.35 bits per heavy atom. The normalized spacial score (nSPS) is 15.0. The van der Waals surface area contributed by atoms with E-state index >= 15 is 0 Å². The van der Waals surface area contributed by atoms with Gasteiger partial charge in [0.15, 0.2) is 11.5 Å². The Morgan fingerprint density at radius 2 is 1.61 bits per heavy atom. The van der Waals surface area contributed by atoms with Crippen LogP contribution < -0.4 is 4.90 Å². The first-order chi connectivity index (χ1) is 15.0. The second-order valence-electron chi connectivity index (χ2n) is 7.74. The Hall–Kier alpha value is -3.29. The molecule has 0 atom stereocenters. The molecule has 31 heavy (non-hydrogen) atoms. The van der Waals surface area contributed by atoms with Crippen LogP contribution >= 0.6 is 11.6 Å². The van der Waals surface area contributed by atoms with E-state index in [1.807, 2.05) is 28.8 Å². The number of anilines is 1. The molecule has 4 aromatic rings. The molecule has 2 aromatic heterocycles. The summed E-state index contributed by atoms with van der Waals surface area (Å²) in [5.74, 6) is 0.216. The number of piperazine rings is 1. The van der Waals surface area contributed by atoms with Gasteiger partial charge in [0, 0.05) is 49.8 Å². The molecule has 1 aliphatic rings. The molecule has 8 heteroatoms. The molecule has 158 valence electrons. The van der Waals surface area contributed by atoms with Gasteiger partial charge in [-0.25, -0.2) is 9.97 Å². The van der Waals surface area contributed by atoms with E-state index in [9.17, 15) is 10.2 Å². The summed E-state index contributed by atoms with van der Waals surface area (Å²) in [5, 5.41) is 20.5. The fourth-order valence-electron chi connectivity index (χ4n) is 3.94. The highest BCUT2D eigenvalue weighted by atomic mass is 35.5. The van der Waals surface area contributed by atoms with Gasteiger partial charge in [-0.15, -0.1) is 0 Å². The van der Waals surface area contributed by atoms with Gasteiger partial charge in [0.2, 0.25) is 0 Å². The molecule has 0 aliphatic carbocycles. The number of phenolic OH excluding ortho intramolecular Hbond substituents is 2. The molecule has 0 bridgehead atoms. The van der Waals surface area contributed by atoms with E-state index in [1.165, 1.54) is 17.8 Å². The fraction of sp³-hybridized carbons (Fsp3) is 0.217. The van der Waals surface area contributed by atoms with Gasteiger partial charge in [0.25, 0.3) is 0 Å². The molecule has 2 aromatic carbocycles. The SMILES string of the molecule is CN1CCN(c2ccc(-n3c(-c4cc(Cl)c(O)cc4O)nc4cccnc43)cc2)CC1. The van der Waals surface area contributed by atoms with Crippen LogP contribution in [0.1, 0.15) is 0 Å². The minimum atomic E-state index is -0.180. The predicted octanol–water partition coefficient (Wildman–Crippen LogP) is 3.90. The van der Waals surface area contributed by atoms with E-state index in [0.29, 0.717) is 22.6 Å². The number of benzene rings is 2. The number of fused-ring (bicyclic) bond motifs is 1. The minimum Gasteiger partial charge on any atom is -0.507 e. The van der Waals surface area contributed by atoms with Crippen LogP contribution in [0.5, 0.6) is 11.5 Å². The molecule has 1 aliphatic heterocycles. The molecule has 0 unspecified atom stereocenters. The van der Waals surface area contributed by atoms with Gasteiger partial charge >= 0.3 is 0 Å². The number of hydrogen-bond donors (Lipinski definition) is 2. The minimum absolute atomic E-state index is 0.104. The molecule has 0 radical (unpaired) electrons. The van der Waals surface area contributed by atoms with Crippen LogP contribution in [0.15, 0.2) is 54.7 Å². The molecule has 1 fully saturated rings. The molecule has 0 spiro atoms. The van der Waals surface area contributed by atoms with Gasteiger partial charge in [-0.1, -0.05) is 11.6 Å². The molecule has 0 amide bonds. The number of halogens is 1. The Bertz CT molecular complexity index is 1250. The Labute approximate surface area is 184 Å². The van der Waals surface area contributed by atoms with Crippen molar-refractivity contribution in [1.29, 1.82) is 0 Å². The van der Waals surface area contributed by atoms with Crippen molar-refractivity contribution in [3.05, 3.63) is 59.8 Å². The van der Waals surface area contributed by atoms with Crippen LogP contribution in [0, 0.1) is 0 Å². The first-order valence-corrected chi connectivity index (χ1v) is 10.5. The lowest BCUT2D eigenvalue weighted by atomic mass is 10.1. The molecule has 7 nitrogen and oxygen atoms in total. The highest BCUT2D eigenvalue weighted by Crippen LogP contribution is 2.39. The largest absolute Gasteiger partial charge is 0.507 e. The Kier molecular flexibility index (Phi) is 4.92. The number of aromatic nitrogens is 3. The van der Waals surface area contributed by atoms with Gasteiger partial charge in [-0.05, 0) is 49.5 Å². The lowest BCUT2D eigenvalue weighted by Crippen LogP contribution is -2.44. The average molecular weight is 436 g/mol. The molecular weight excluding hydrogens is 414 g/mol. The zero-order valence-electron chi connectivity index (χ0n) is 17.0. The maximum absolute atomic E-state index is 10.5. The van der Waals surface area contributed by atoms with E-state index in [2.05, 4.69) is 34.0 Å². The summed E-state index contributed by atoms with van der Waals surface area (Å²) >= 11 is 6.13. The first kappa shape index (κ1) is 19.7. The third kappa shape index (κ3) is 3.56. The number of pyridine rings is 1. The summed E-state index contributed by atoms with van der Waals surface area (Å²) in [5.41, 5.74) is 3.84. The smallest absolute Gasteiger partial charge is 0.164 e. The van der Waals surface area contributed by atoms with E-state index in [4.69, 9.17) is 16.6 Å². The van der Waals surface area contributed by atoms with E-state index in [0.717, 1.165) is 31.9 Å². The number of likely N-dealkylation sites (N-methyl/N-ethyl adjacent to an activating group) is 1. The second-order valence-corrected chi connectivity index (χ2v) is 8.15. The lowest BCUT2D eigenvalue weighted by molar-refractivity contribution is 0.313. The molecule has 1 saturated heterocycles. The second kappa shape index (κ2) is 7.76. The maximum atomic E-state index is 10.5. The number of rotatable bonds is 3. The first-order valence-electron chi connectivity index (χ1n) is 10.1. The number of imidazole rings is 1. The van der Waals surface area contributed by atoms with Crippen LogP contribution in [-0.2, 0) is 0 Å².